The predicted molar refractivity (Wildman–Crippen MR) is 82.4 cm³/mol. The van der Waals surface area contributed by atoms with Gasteiger partial charge in [-0.25, -0.2) is 0 Å². The second kappa shape index (κ2) is 5.00. The Hall–Kier alpha value is -1.72. The van der Waals surface area contributed by atoms with Crippen LogP contribution in [0.5, 0.6) is 11.5 Å². The van der Waals surface area contributed by atoms with Gasteiger partial charge in [-0.05, 0) is 29.8 Å². The quantitative estimate of drug-likeness (QED) is 0.803. The van der Waals surface area contributed by atoms with Gasteiger partial charge in [-0.15, -0.1) is 0 Å². The van der Waals surface area contributed by atoms with Crippen molar-refractivity contribution < 1.29 is 9.53 Å². The third-order valence-corrected chi connectivity index (χ3v) is 3.78. The number of halogens is 2. The fraction of sp³-hybridized carbons (Fsp3) is 0.0714. The van der Waals surface area contributed by atoms with Crippen molar-refractivity contribution in [1.82, 2.24) is 0 Å². The summed E-state index contributed by atoms with van der Waals surface area (Å²) in [5.74, 6) is 0.917. The van der Waals surface area contributed by atoms with Gasteiger partial charge in [0.25, 0.3) is 0 Å². The van der Waals surface area contributed by atoms with Crippen LogP contribution in [0.4, 0.5) is 11.4 Å². The minimum Gasteiger partial charge on any atom is -0.454 e. The molecule has 0 bridgehead atoms. The lowest BCUT2D eigenvalue weighted by atomic mass is 10.1. The third-order valence-electron chi connectivity index (χ3n) is 2.97. The first-order valence-electron chi connectivity index (χ1n) is 5.88. The number of nitrogens with one attached hydrogen (secondary N) is 1. The minimum absolute atomic E-state index is 0.0444. The Bertz CT molecular complexity index is 719. The van der Waals surface area contributed by atoms with Crippen LogP contribution in [0.3, 0.4) is 0 Å². The van der Waals surface area contributed by atoms with Gasteiger partial charge in [0, 0.05) is 16.2 Å². The van der Waals surface area contributed by atoms with Crippen LogP contribution in [0.1, 0.15) is 5.56 Å². The molecule has 0 saturated heterocycles. The molecule has 20 heavy (non-hydrogen) atoms. The first kappa shape index (κ1) is 13.3. The van der Waals surface area contributed by atoms with Gasteiger partial charge in [-0.3, -0.25) is 4.79 Å². The normalized spacial score (nSPS) is 13.0. The molecule has 102 valence electrons. The SMILES string of the molecule is Nc1cc2c(cc1Oc1cc(Br)ccc1Cl)NC(=O)C2. The van der Waals surface area contributed by atoms with Crippen molar-refractivity contribution in [2.75, 3.05) is 11.1 Å². The molecule has 1 amide bonds. The summed E-state index contributed by atoms with van der Waals surface area (Å²) >= 11 is 9.44. The average Bonchev–Trinajstić information content (AvgIpc) is 2.73. The van der Waals surface area contributed by atoms with Gasteiger partial charge in [0.2, 0.25) is 5.91 Å². The molecule has 2 aromatic carbocycles. The Labute approximate surface area is 129 Å². The molecule has 0 atom stereocenters. The van der Waals surface area contributed by atoms with E-state index in [9.17, 15) is 4.79 Å². The fourth-order valence-electron chi connectivity index (χ4n) is 2.04. The Balaban J connectivity index is 1.97. The van der Waals surface area contributed by atoms with Crippen LogP contribution in [0.25, 0.3) is 0 Å². The van der Waals surface area contributed by atoms with E-state index in [0.717, 1.165) is 15.7 Å². The van der Waals surface area contributed by atoms with E-state index in [2.05, 4.69) is 21.2 Å². The molecular formula is C14H10BrClN2O2. The fourth-order valence-corrected chi connectivity index (χ4v) is 2.53. The lowest BCUT2D eigenvalue weighted by molar-refractivity contribution is -0.115. The molecule has 2 aromatic rings. The van der Waals surface area contributed by atoms with E-state index in [1.165, 1.54) is 0 Å². The van der Waals surface area contributed by atoms with Crippen LogP contribution in [-0.2, 0) is 11.2 Å². The third kappa shape index (κ3) is 2.46. The number of hydrogen-bond donors (Lipinski definition) is 2. The van der Waals surface area contributed by atoms with Gasteiger partial charge < -0.3 is 15.8 Å². The maximum Gasteiger partial charge on any atom is 0.228 e. The van der Waals surface area contributed by atoms with Crippen LogP contribution >= 0.6 is 27.5 Å². The molecule has 0 radical (unpaired) electrons. The van der Waals surface area contributed by atoms with Gasteiger partial charge in [-0.2, -0.15) is 0 Å². The monoisotopic (exact) mass is 352 g/mol. The summed E-state index contributed by atoms with van der Waals surface area (Å²) < 4.78 is 6.59. The summed E-state index contributed by atoms with van der Waals surface area (Å²) in [4.78, 5) is 11.4. The zero-order valence-electron chi connectivity index (χ0n) is 10.2. The van der Waals surface area contributed by atoms with Crippen molar-refractivity contribution in [3.8, 4) is 11.5 Å². The molecule has 0 fully saturated rings. The average molecular weight is 354 g/mol. The molecule has 1 aliphatic heterocycles. The van der Waals surface area contributed by atoms with E-state index in [-0.39, 0.29) is 5.91 Å². The first-order valence-corrected chi connectivity index (χ1v) is 7.05. The highest BCUT2D eigenvalue weighted by atomic mass is 79.9. The van der Waals surface area contributed by atoms with E-state index in [0.29, 0.717) is 28.6 Å². The number of nitrogen functional groups attached to an aromatic ring is 1. The number of fused-ring (bicyclic) bond motifs is 1. The van der Waals surface area contributed by atoms with Gasteiger partial charge in [0.1, 0.15) is 5.75 Å². The summed E-state index contributed by atoms with van der Waals surface area (Å²) in [6, 6.07) is 8.77. The van der Waals surface area contributed by atoms with E-state index in [1.54, 1.807) is 24.3 Å². The molecule has 4 nitrogen and oxygen atoms in total. The van der Waals surface area contributed by atoms with Crippen molar-refractivity contribution in [1.29, 1.82) is 0 Å². The van der Waals surface area contributed by atoms with Crippen LogP contribution in [-0.4, -0.2) is 5.91 Å². The van der Waals surface area contributed by atoms with Crippen LogP contribution < -0.4 is 15.8 Å². The molecule has 0 unspecified atom stereocenters. The highest BCUT2D eigenvalue weighted by Gasteiger charge is 2.20. The molecular weight excluding hydrogens is 344 g/mol. The molecule has 0 spiro atoms. The lowest BCUT2D eigenvalue weighted by Crippen LogP contribution is -2.03. The zero-order chi connectivity index (χ0) is 14.3. The smallest absolute Gasteiger partial charge is 0.228 e. The highest BCUT2D eigenvalue weighted by molar-refractivity contribution is 9.10. The number of amides is 1. The topological polar surface area (TPSA) is 64.3 Å². The molecule has 0 aliphatic carbocycles. The number of nitrogens with two attached hydrogens (primary N) is 1. The van der Waals surface area contributed by atoms with Gasteiger partial charge >= 0.3 is 0 Å². The van der Waals surface area contributed by atoms with E-state index < -0.39 is 0 Å². The number of hydrogen-bond acceptors (Lipinski definition) is 3. The number of carbonyl (C=O) groups excluding carboxylic acids is 1. The number of benzene rings is 2. The van der Waals surface area contributed by atoms with E-state index >= 15 is 0 Å². The second-order valence-corrected chi connectivity index (χ2v) is 5.77. The molecule has 3 rings (SSSR count). The van der Waals surface area contributed by atoms with Crippen molar-refractivity contribution >= 4 is 44.8 Å². The number of carbonyl (C=O) groups is 1. The summed E-state index contributed by atoms with van der Waals surface area (Å²) in [7, 11) is 0. The highest BCUT2D eigenvalue weighted by Crippen LogP contribution is 2.38. The van der Waals surface area contributed by atoms with Crippen LogP contribution in [0, 0.1) is 0 Å². The maximum atomic E-state index is 11.4. The van der Waals surface area contributed by atoms with Crippen LogP contribution in [0.15, 0.2) is 34.8 Å². The molecule has 1 heterocycles. The lowest BCUT2D eigenvalue weighted by Gasteiger charge is -2.12. The van der Waals surface area contributed by atoms with Gasteiger partial charge in [0.05, 0.1) is 17.1 Å². The van der Waals surface area contributed by atoms with Gasteiger partial charge in [0.15, 0.2) is 5.75 Å². The first-order chi connectivity index (χ1) is 9.52. The van der Waals surface area contributed by atoms with Crippen molar-refractivity contribution in [3.05, 3.63) is 45.4 Å². The Morgan fingerprint density at radius 2 is 2.05 bits per heavy atom. The summed E-state index contributed by atoms with van der Waals surface area (Å²) in [5.41, 5.74) is 8.03. The molecule has 0 saturated carbocycles. The standard InChI is InChI=1S/C14H10BrClN2O2/c15-8-1-2-9(16)12(5-8)20-13-6-11-7(3-10(13)17)4-14(19)18-11/h1-3,5-6H,4,17H2,(H,18,19). The Morgan fingerprint density at radius 3 is 2.85 bits per heavy atom. The van der Waals surface area contributed by atoms with Crippen molar-refractivity contribution in [3.63, 3.8) is 0 Å². The molecule has 1 aliphatic rings. The van der Waals surface area contributed by atoms with Crippen molar-refractivity contribution in [2.24, 2.45) is 0 Å². The summed E-state index contributed by atoms with van der Waals surface area (Å²) in [6.07, 6.45) is 0.345. The van der Waals surface area contributed by atoms with Crippen molar-refractivity contribution in [2.45, 2.75) is 6.42 Å². The predicted octanol–water partition coefficient (Wildman–Crippen LogP) is 3.97. The number of rotatable bonds is 2. The molecule has 0 aromatic heterocycles. The second-order valence-electron chi connectivity index (χ2n) is 4.45. The largest absolute Gasteiger partial charge is 0.454 e. The molecule has 6 heteroatoms. The summed E-state index contributed by atoms with van der Waals surface area (Å²) in [6.45, 7) is 0. The van der Waals surface area contributed by atoms with Gasteiger partial charge in [-0.1, -0.05) is 27.5 Å². The maximum absolute atomic E-state index is 11.4. The number of ether oxygens (including phenoxy) is 1. The van der Waals surface area contributed by atoms with E-state index in [4.69, 9.17) is 22.1 Å². The van der Waals surface area contributed by atoms with Crippen LogP contribution in [0.2, 0.25) is 5.02 Å². The molecule has 3 N–H and O–H groups in total. The Kier molecular flexibility index (Phi) is 3.31. The van der Waals surface area contributed by atoms with E-state index in [1.807, 2.05) is 6.07 Å². The minimum atomic E-state index is -0.0444. The Morgan fingerprint density at radius 1 is 1.25 bits per heavy atom. The number of anilines is 2. The zero-order valence-corrected chi connectivity index (χ0v) is 12.6. The summed E-state index contributed by atoms with van der Waals surface area (Å²) in [5, 5.41) is 3.24.